The quantitative estimate of drug-likeness (QED) is 0.618. The van der Waals surface area contributed by atoms with Crippen molar-refractivity contribution in [1.82, 2.24) is 24.8 Å². The molecule has 0 saturated heterocycles. The lowest BCUT2D eigenvalue weighted by molar-refractivity contribution is -0.192. The van der Waals surface area contributed by atoms with E-state index in [2.05, 4.69) is 25.2 Å². The van der Waals surface area contributed by atoms with E-state index in [-0.39, 0.29) is 11.9 Å². The van der Waals surface area contributed by atoms with Crippen LogP contribution in [-0.4, -0.2) is 49.2 Å². The van der Waals surface area contributed by atoms with Crippen molar-refractivity contribution in [1.29, 1.82) is 0 Å². The summed E-state index contributed by atoms with van der Waals surface area (Å²) in [4.78, 5) is 36.5. The molecule has 1 aliphatic heterocycles. The Hall–Kier alpha value is -3.90. The normalized spacial score (nSPS) is 15.4. The molecule has 1 amide bonds. The number of fused-ring (bicyclic) bond motifs is 1. The van der Waals surface area contributed by atoms with Crippen molar-refractivity contribution in [2.75, 3.05) is 11.4 Å². The van der Waals surface area contributed by atoms with Crippen LogP contribution in [0.3, 0.4) is 0 Å². The van der Waals surface area contributed by atoms with E-state index >= 15 is 0 Å². The Balaban J connectivity index is 0.000000360. The molecule has 1 unspecified atom stereocenters. The lowest BCUT2D eigenvalue weighted by atomic mass is 10.2. The van der Waals surface area contributed by atoms with Crippen LogP contribution in [-0.2, 0) is 17.9 Å². The summed E-state index contributed by atoms with van der Waals surface area (Å²) in [6.07, 6.45) is 1.75. The third-order valence-corrected chi connectivity index (χ3v) is 4.52. The number of rotatable bonds is 4. The molecule has 3 aromatic heterocycles. The van der Waals surface area contributed by atoms with Crippen molar-refractivity contribution < 1.29 is 32.3 Å². The Morgan fingerprint density at radius 2 is 1.94 bits per heavy atom. The van der Waals surface area contributed by atoms with Gasteiger partial charge in [0.25, 0.3) is 5.91 Å². The van der Waals surface area contributed by atoms with E-state index in [4.69, 9.17) is 14.3 Å². The summed E-state index contributed by atoms with van der Waals surface area (Å²) in [7, 11) is 0. The monoisotopic (exact) mass is 452 g/mol. The average molecular weight is 452 g/mol. The fourth-order valence-electron chi connectivity index (χ4n) is 2.98. The fourth-order valence-corrected chi connectivity index (χ4v) is 2.98. The SMILES string of the molecule is CC1c2nc(C(=O)NCc3ccco3)cn2CCN1c1ncccn1.O=C(O)C(F)(F)F. The highest BCUT2D eigenvalue weighted by atomic mass is 19.4. The summed E-state index contributed by atoms with van der Waals surface area (Å²) in [5.74, 6) is -0.756. The van der Waals surface area contributed by atoms with Crippen LogP contribution in [0.4, 0.5) is 19.1 Å². The summed E-state index contributed by atoms with van der Waals surface area (Å²) in [6, 6.07) is 5.39. The minimum Gasteiger partial charge on any atom is -0.475 e. The van der Waals surface area contributed by atoms with E-state index in [9.17, 15) is 18.0 Å². The standard InChI is InChI=1S/C17H18N6O2.C2HF3O2/c1-12-15-21-14(16(24)20-10-13-4-2-9-25-13)11-22(15)7-8-23(12)17-18-5-3-6-19-17;3-2(4,5)1(6)7/h2-6,9,11-12H,7-8,10H2,1H3,(H,20,24);(H,6,7). The number of hydrogen-bond donors (Lipinski definition) is 2. The Morgan fingerprint density at radius 1 is 1.25 bits per heavy atom. The van der Waals surface area contributed by atoms with Crippen molar-refractivity contribution >= 4 is 17.8 Å². The topological polar surface area (TPSA) is 126 Å². The van der Waals surface area contributed by atoms with Crippen LogP contribution >= 0.6 is 0 Å². The maximum Gasteiger partial charge on any atom is 0.490 e. The summed E-state index contributed by atoms with van der Waals surface area (Å²) in [6.45, 7) is 3.88. The number of carbonyl (C=O) groups is 2. The molecule has 1 aliphatic rings. The first-order valence-corrected chi connectivity index (χ1v) is 9.38. The predicted octanol–water partition coefficient (Wildman–Crippen LogP) is 2.41. The molecule has 0 aliphatic carbocycles. The van der Waals surface area contributed by atoms with Crippen molar-refractivity contribution in [2.45, 2.75) is 32.2 Å². The van der Waals surface area contributed by atoms with Gasteiger partial charge in [0.05, 0.1) is 18.8 Å². The number of carboxylic acids is 1. The van der Waals surface area contributed by atoms with Crippen LogP contribution in [0.25, 0.3) is 0 Å². The molecule has 3 aromatic rings. The molecular formula is C19H19F3N6O4. The number of carboxylic acid groups (broad SMARTS) is 1. The Labute approximate surface area is 179 Å². The number of aliphatic carboxylic acids is 1. The summed E-state index contributed by atoms with van der Waals surface area (Å²) >= 11 is 0. The Bertz CT molecular complexity index is 1050. The minimum atomic E-state index is -5.08. The molecular weight excluding hydrogens is 433 g/mol. The third kappa shape index (κ3) is 5.42. The molecule has 0 saturated carbocycles. The second-order valence-corrected chi connectivity index (χ2v) is 6.66. The van der Waals surface area contributed by atoms with Gasteiger partial charge in [-0.3, -0.25) is 4.79 Å². The van der Waals surface area contributed by atoms with Gasteiger partial charge in [-0.15, -0.1) is 0 Å². The van der Waals surface area contributed by atoms with Gasteiger partial charge in [-0.05, 0) is 25.1 Å². The zero-order valence-corrected chi connectivity index (χ0v) is 16.8. The molecule has 170 valence electrons. The number of amides is 1. The molecule has 0 aromatic carbocycles. The van der Waals surface area contributed by atoms with Gasteiger partial charge in [0.2, 0.25) is 5.95 Å². The zero-order valence-electron chi connectivity index (χ0n) is 16.8. The molecule has 0 fully saturated rings. The van der Waals surface area contributed by atoms with E-state index in [1.54, 1.807) is 37.0 Å². The van der Waals surface area contributed by atoms with Crippen molar-refractivity contribution in [3.8, 4) is 0 Å². The highest BCUT2D eigenvalue weighted by Crippen LogP contribution is 2.27. The molecule has 0 spiro atoms. The van der Waals surface area contributed by atoms with Crippen LogP contribution in [0.2, 0.25) is 0 Å². The van der Waals surface area contributed by atoms with Gasteiger partial charge in [0, 0.05) is 31.7 Å². The number of nitrogens with zero attached hydrogens (tertiary/aromatic N) is 5. The van der Waals surface area contributed by atoms with E-state index < -0.39 is 12.1 Å². The van der Waals surface area contributed by atoms with Crippen molar-refractivity contribution in [3.05, 3.63) is 60.3 Å². The lowest BCUT2D eigenvalue weighted by Gasteiger charge is -2.33. The summed E-state index contributed by atoms with van der Waals surface area (Å²) in [5, 5.41) is 9.95. The molecule has 2 N–H and O–H groups in total. The van der Waals surface area contributed by atoms with Crippen LogP contribution < -0.4 is 10.2 Å². The number of carbonyl (C=O) groups excluding carboxylic acids is 1. The van der Waals surface area contributed by atoms with Crippen LogP contribution in [0.1, 0.15) is 35.0 Å². The van der Waals surface area contributed by atoms with Gasteiger partial charge in [-0.1, -0.05) is 0 Å². The van der Waals surface area contributed by atoms with Crippen LogP contribution in [0.15, 0.2) is 47.5 Å². The fraction of sp³-hybridized carbons (Fsp3) is 0.316. The van der Waals surface area contributed by atoms with Crippen LogP contribution in [0.5, 0.6) is 0 Å². The predicted molar refractivity (Wildman–Crippen MR) is 104 cm³/mol. The first-order valence-electron chi connectivity index (χ1n) is 9.38. The molecule has 0 bridgehead atoms. The van der Waals surface area contributed by atoms with Gasteiger partial charge >= 0.3 is 12.1 Å². The number of nitrogens with one attached hydrogen (secondary N) is 1. The lowest BCUT2D eigenvalue weighted by Crippen LogP contribution is -2.37. The number of imidazole rings is 1. The van der Waals surface area contributed by atoms with Crippen molar-refractivity contribution in [3.63, 3.8) is 0 Å². The Morgan fingerprint density at radius 3 is 2.53 bits per heavy atom. The first-order chi connectivity index (χ1) is 15.2. The number of halogens is 3. The van der Waals surface area contributed by atoms with Gasteiger partial charge in [0.15, 0.2) is 0 Å². The summed E-state index contributed by atoms with van der Waals surface area (Å²) in [5.41, 5.74) is 0.407. The highest BCUT2D eigenvalue weighted by Gasteiger charge is 2.38. The van der Waals surface area contributed by atoms with E-state index in [0.29, 0.717) is 23.9 Å². The number of aromatic nitrogens is 4. The number of hydrogen-bond acceptors (Lipinski definition) is 7. The number of furan rings is 1. The van der Waals surface area contributed by atoms with E-state index in [0.717, 1.165) is 18.9 Å². The average Bonchev–Trinajstić information content (AvgIpc) is 3.43. The molecule has 10 nitrogen and oxygen atoms in total. The zero-order chi connectivity index (χ0) is 23.3. The maximum atomic E-state index is 12.3. The molecule has 0 radical (unpaired) electrons. The number of anilines is 1. The van der Waals surface area contributed by atoms with E-state index in [1.165, 1.54) is 0 Å². The second kappa shape index (κ2) is 9.49. The minimum absolute atomic E-state index is 0.0113. The van der Waals surface area contributed by atoms with Crippen LogP contribution in [0, 0.1) is 0 Å². The van der Waals surface area contributed by atoms with Gasteiger partial charge < -0.3 is 24.3 Å². The van der Waals surface area contributed by atoms with Crippen molar-refractivity contribution in [2.24, 2.45) is 0 Å². The number of alkyl halides is 3. The molecule has 32 heavy (non-hydrogen) atoms. The second-order valence-electron chi connectivity index (χ2n) is 6.66. The van der Waals surface area contributed by atoms with Gasteiger partial charge in [-0.25, -0.2) is 19.7 Å². The highest BCUT2D eigenvalue weighted by molar-refractivity contribution is 5.92. The largest absolute Gasteiger partial charge is 0.490 e. The Kier molecular flexibility index (Phi) is 6.76. The van der Waals surface area contributed by atoms with Gasteiger partial charge in [0.1, 0.15) is 17.3 Å². The smallest absolute Gasteiger partial charge is 0.475 e. The maximum absolute atomic E-state index is 12.3. The van der Waals surface area contributed by atoms with Gasteiger partial charge in [-0.2, -0.15) is 13.2 Å². The molecule has 4 rings (SSSR count). The first kappa shape index (κ1) is 22.8. The molecule has 4 heterocycles. The summed E-state index contributed by atoms with van der Waals surface area (Å²) < 4.78 is 39.0. The molecule has 13 heteroatoms. The molecule has 1 atom stereocenters. The third-order valence-electron chi connectivity index (χ3n) is 4.52. The van der Waals surface area contributed by atoms with E-state index in [1.807, 2.05) is 17.6 Å².